The van der Waals surface area contributed by atoms with E-state index in [2.05, 4.69) is 5.32 Å². The van der Waals surface area contributed by atoms with Gasteiger partial charge in [0.2, 0.25) is 0 Å². The van der Waals surface area contributed by atoms with Gasteiger partial charge < -0.3 is 16.2 Å². The molecular weight excluding hydrogens is 240 g/mol. The van der Waals surface area contributed by atoms with Crippen LogP contribution in [0.5, 0.6) is 0 Å². The molecule has 1 aromatic rings. The van der Waals surface area contributed by atoms with E-state index in [4.69, 9.17) is 5.73 Å². The van der Waals surface area contributed by atoms with Gasteiger partial charge in [0.25, 0.3) is 5.91 Å². The predicted molar refractivity (Wildman–Crippen MR) is 75.9 cm³/mol. The van der Waals surface area contributed by atoms with Gasteiger partial charge in [-0.3, -0.25) is 4.79 Å². The molecule has 4 N–H and O–H groups in total. The minimum absolute atomic E-state index is 0.0470. The maximum atomic E-state index is 12.0. The molecule has 2 rings (SSSR count). The SMILES string of the molecule is Cc1cc(C(=O)NCC2CCC(O)CC2)ccc1N. The lowest BCUT2D eigenvalue weighted by atomic mass is 9.87. The fraction of sp³-hybridized carbons (Fsp3) is 0.533. The highest BCUT2D eigenvalue weighted by atomic mass is 16.3. The summed E-state index contributed by atoms with van der Waals surface area (Å²) in [5.74, 6) is 0.441. The van der Waals surface area contributed by atoms with Gasteiger partial charge in [-0.25, -0.2) is 0 Å². The molecule has 1 aliphatic carbocycles. The van der Waals surface area contributed by atoms with Gasteiger partial charge in [0, 0.05) is 17.8 Å². The zero-order valence-electron chi connectivity index (χ0n) is 11.4. The quantitative estimate of drug-likeness (QED) is 0.728. The van der Waals surface area contributed by atoms with Gasteiger partial charge in [-0.2, -0.15) is 0 Å². The summed E-state index contributed by atoms with van der Waals surface area (Å²) in [5.41, 5.74) is 8.02. The maximum absolute atomic E-state index is 12.0. The van der Waals surface area contributed by atoms with Crippen LogP contribution < -0.4 is 11.1 Å². The minimum Gasteiger partial charge on any atom is -0.399 e. The summed E-state index contributed by atoms with van der Waals surface area (Å²) in [6, 6.07) is 5.33. The Morgan fingerprint density at radius 3 is 2.68 bits per heavy atom. The van der Waals surface area contributed by atoms with E-state index in [9.17, 15) is 9.90 Å². The van der Waals surface area contributed by atoms with E-state index in [1.54, 1.807) is 12.1 Å². The van der Waals surface area contributed by atoms with Gasteiger partial charge in [-0.05, 0) is 62.3 Å². The Morgan fingerprint density at radius 1 is 1.37 bits per heavy atom. The molecule has 1 saturated carbocycles. The largest absolute Gasteiger partial charge is 0.399 e. The number of aliphatic hydroxyl groups excluding tert-OH is 1. The van der Waals surface area contributed by atoms with E-state index in [1.807, 2.05) is 13.0 Å². The van der Waals surface area contributed by atoms with Gasteiger partial charge in [0.15, 0.2) is 0 Å². The van der Waals surface area contributed by atoms with Gasteiger partial charge in [-0.1, -0.05) is 0 Å². The molecule has 0 aromatic heterocycles. The second kappa shape index (κ2) is 6.06. The Hall–Kier alpha value is -1.55. The summed E-state index contributed by atoms with van der Waals surface area (Å²) < 4.78 is 0. The van der Waals surface area contributed by atoms with E-state index >= 15 is 0 Å². The summed E-state index contributed by atoms with van der Waals surface area (Å²) in [5, 5.41) is 12.4. The molecule has 1 fully saturated rings. The molecule has 0 heterocycles. The van der Waals surface area contributed by atoms with Crippen molar-refractivity contribution in [3.63, 3.8) is 0 Å². The number of carbonyl (C=O) groups excluding carboxylic acids is 1. The van der Waals surface area contributed by atoms with Crippen LogP contribution in [0.4, 0.5) is 5.69 Å². The molecule has 0 unspecified atom stereocenters. The van der Waals surface area contributed by atoms with Crippen molar-refractivity contribution >= 4 is 11.6 Å². The standard InChI is InChI=1S/C15H22N2O2/c1-10-8-12(4-7-14(10)16)15(19)17-9-11-2-5-13(18)6-3-11/h4,7-8,11,13,18H,2-3,5-6,9,16H2,1H3,(H,17,19). The third-order valence-electron chi connectivity index (χ3n) is 3.90. The number of amides is 1. The molecule has 1 aliphatic rings. The Labute approximate surface area is 114 Å². The van der Waals surface area contributed by atoms with Crippen LogP contribution in [0, 0.1) is 12.8 Å². The first-order valence-electron chi connectivity index (χ1n) is 6.88. The van der Waals surface area contributed by atoms with Gasteiger partial charge in [0.05, 0.1) is 6.10 Å². The molecule has 0 radical (unpaired) electrons. The topological polar surface area (TPSA) is 75.3 Å². The van der Waals surface area contributed by atoms with Crippen LogP contribution in [0.2, 0.25) is 0 Å². The molecule has 19 heavy (non-hydrogen) atoms. The van der Waals surface area contributed by atoms with Crippen LogP contribution in [0.1, 0.15) is 41.6 Å². The van der Waals surface area contributed by atoms with Crippen molar-refractivity contribution < 1.29 is 9.90 Å². The number of hydrogen-bond acceptors (Lipinski definition) is 3. The molecule has 0 aliphatic heterocycles. The second-order valence-corrected chi connectivity index (χ2v) is 5.46. The normalized spacial score (nSPS) is 23.1. The summed E-state index contributed by atoms with van der Waals surface area (Å²) >= 11 is 0. The van der Waals surface area contributed by atoms with E-state index in [-0.39, 0.29) is 12.0 Å². The van der Waals surface area contributed by atoms with Crippen molar-refractivity contribution in [2.75, 3.05) is 12.3 Å². The lowest BCUT2D eigenvalue weighted by Crippen LogP contribution is -2.32. The van der Waals surface area contributed by atoms with E-state index < -0.39 is 0 Å². The molecule has 0 atom stereocenters. The van der Waals surface area contributed by atoms with Crippen molar-refractivity contribution in [2.45, 2.75) is 38.7 Å². The van der Waals surface area contributed by atoms with Crippen LogP contribution in [0.15, 0.2) is 18.2 Å². The molecular formula is C15H22N2O2. The fourth-order valence-corrected chi connectivity index (χ4v) is 2.51. The number of nitrogens with one attached hydrogen (secondary N) is 1. The van der Waals surface area contributed by atoms with Crippen LogP contribution >= 0.6 is 0 Å². The van der Waals surface area contributed by atoms with Crippen LogP contribution in [0.25, 0.3) is 0 Å². The fourth-order valence-electron chi connectivity index (χ4n) is 2.51. The summed E-state index contributed by atoms with van der Waals surface area (Å²) in [6.45, 7) is 2.59. The number of benzene rings is 1. The maximum Gasteiger partial charge on any atom is 0.251 e. The smallest absolute Gasteiger partial charge is 0.251 e. The lowest BCUT2D eigenvalue weighted by molar-refractivity contribution is 0.0910. The summed E-state index contributed by atoms with van der Waals surface area (Å²) in [6.07, 6.45) is 3.53. The Morgan fingerprint density at radius 2 is 2.05 bits per heavy atom. The number of rotatable bonds is 3. The second-order valence-electron chi connectivity index (χ2n) is 5.46. The first kappa shape index (κ1) is 13.9. The van der Waals surface area contributed by atoms with Crippen LogP contribution in [-0.4, -0.2) is 23.7 Å². The number of hydrogen-bond donors (Lipinski definition) is 3. The first-order valence-corrected chi connectivity index (χ1v) is 6.88. The number of aliphatic hydroxyl groups is 1. The van der Waals surface area contributed by atoms with Crippen LogP contribution in [0.3, 0.4) is 0 Å². The van der Waals surface area contributed by atoms with Gasteiger partial charge >= 0.3 is 0 Å². The molecule has 4 nitrogen and oxygen atoms in total. The molecule has 4 heteroatoms. The highest BCUT2D eigenvalue weighted by molar-refractivity contribution is 5.94. The van der Waals surface area contributed by atoms with Crippen molar-refractivity contribution in [3.05, 3.63) is 29.3 Å². The Bertz CT molecular complexity index is 451. The van der Waals surface area contributed by atoms with Crippen molar-refractivity contribution in [2.24, 2.45) is 5.92 Å². The number of aryl methyl sites for hydroxylation is 1. The van der Waals surface area contributed by atoms with E-state index in [0.29, 0.717) is 23.7 Å². The highest BCUT2D eigenvalue weighted by Crippen LogP contribution is 2.23. The van der Waals surface area contributed by atoms with Crippen molar-refractivity contribution in [1.29, 1.82) is 0 Å². The molecule has 1 aromatic carbocycles. The van der Waals surface area contributed by atoms with Crippen molar-refractivity contribution in [1.82, 2.24) is 5.32 Å². The lowest BCUT2D eigenvalue weighted by Gasteiger charge is -2.25. The third kappa shape index (κ3) is 3.70. The molecule has 1 amide bonds. The van der Waals surface area contributed by atoms with Crippen LogP contribution in [-0.2, 0) is 0 Å². The average molecular weight is 262 g/mol. The number of carbonyl (C=O) groups is 1. The van der Waals surface area contributed by atoms with Crippen molar-refractivity contribution in [3.8, 4) is 0 Å². The van der Waals surface area contributed by atoms with E-state index in [1.165, 1.54) is 0 Å². The minimum atomic E-state index is -0.147. The first-order chi connectivity index (χ1) is 9.06. The van der Waals surface area contributed by atoms with Gasteiger partial charge in [-0.15, -0.1) is 0 Å². The zero-order chi connectivity index (χ0) is 13.8. The number of anilines is 1. The third-order valence-corrected chi connectivity index (χ3v) is 3.90. The summed E-state index contributed by atoms with van der Waals surface area (Å²) in [7, 11) is 0. The Balaban J connectivity index is 1.85. The molecule has 0 saturated heterocycles. The molecule has 0 spiro atoms. The Kier molecular flexibility index (Phi) is 4.43. The molecule has 0 bridgehead atoms. The number of nitrogens with two attached hydrogens (primary N) is 1. The van der Waals surface area contributed by atoms with Gasteiger partial charge in [0.1, 0.15) is 0 Å². The van der Waals surface area contributed by atoms with E-state index in [0.717, 1.165) is 31.2 Å². The highest BCUT2D eigenvalue weighted by Gasteiger charge is 2.19. The zero-order valence-corrected chi connectivity index (χ0v) is 11.4. The average Bonchev–Trinajstić information content (AvgIpc) is 2.41. The monoisotopic (exact) mass is 262 g/mol. The predicted octanol–water partition coefficient (Wildman–Crippen LogP) is 1.86. The molecule has 104 valence electrons. The summed E-state index contributed by atoms with van der Waals surface area (Å²) in [4.78, 5) is 12.0. The number of nitrogen functional groups attached to an aromatic ring is 1.